The lowest BCUT2D eigenvalue weighted by Gasteiger charge is -2.11. The molecule has 0 radical (unpaired) electrons. The summed E-state index contributed by atoms with van der Waals surface area (Å²) in [5.74, 6) is 1.69. The van der Waals surface area contributed by atoms with E-state index in [0.717, 1.165) is 52.9 Å². The Morgan fingerprint density at radius 2 is 1.96 bits per heavy atom. The molecule has 0 fully saturated rings. The summed E-state index contributed by atoms with van der Waals surface area (Å²) in [6, 6.07) is 0. The van der Waals surface area contributed by atoms with Crippen molar-refractivity contribution in [2.75, 3.05) is 7.05 Å². The molecule has 0 aromatic carbocycles. The van der Waals surface area contributed by atoms with E-state index < -0.39 is 0 Å². The van der Waals surface area contributed by atoms with Gasteiger partial charge in [-0.15, -0.1) is 11.3 Å². The monoisotopic (exact) mass is 335 g/mol. The zero-order valence-electron chi connectivity index (χ0n) is 14.3. The third kappa shape index (κ3) is 4.54. The van der Waals surface area contributed by atoms with E-state index in [1.807, 2.05) is 0 Å². The summed E-state index contributed by atoms with van der Waals surface area (Å²) in [4.78, 5) is 8.81. The first-order valence-electron chi connectivity index (χ1n) is 8.05. The third-order valence-electron chi connectivity index (χ3n) is 3.60. The van der Waals surface area contributed by atoms with Gasteiger partial charge in [-0.1, -0.05) is 25.9 Å². The molecule has 0 unspecified atom stereocenters. The molecule has 0 saturated heterocycles. The average Bonchev–Trinajstić information content (AvgIpc) is 3.20. The number of aromatic nitrogens is 2. The first-order valence-corrected chi connectivity index (χ1v) is 8.93. The summed E-state index contributed by atoms with van der Waals surface area (Å²) >= 11 is 1.70. The zero-order chi connectivity index (χ0) is 16.7. The van der Waals surface area contributed by atoms with Gasteiger partial charge in [0.15, 0.2) is 5.96 Å². The SMILES string of the molecule is CCc1nc(CNC(=NC)NCc2c(CC)noc2CC)cs1. The maximum absolute atomic E-state index is 5.39. The number of guanidine groups is 1. The molecule has 2 aromatic heterocycles. The minimum absolute atomic E-state index is 0.660. The maximum Gasteiger partial charge on any atom is 0.191 e. The van der Waals surface area contributed by atoms with Crippen molar-refractivity contribution < 1.29 is 4.52 Å². The lowest BCUT2D eigenvalue weighted by molar-refractivity contribution is 0.380. The van der Waals surface area contributed by atoms with Gasteiger partial charge in [-0.3, -0.25) is 4.99 Å². The second-order valence-corrected chi connectivity index (χ2v) is 6.05. The van der Waals surface area contributed by atoms with Gasteiger partial charge < -0.3 is 15.2 Å². The fraction of sp³-hybridized carbons (Fsp3) is 0.562. The van der Waals surface area contributed by atoms with E-state index in [-0.39, 0.29) is 0 Å². The Morgan fingerprint density at radius 3 is 2.57 bits per heavy atom. The Balaban J connectivity index is 1.91. The summed E-state index contributed by atoms with van der Waals surface area (Å²) < 4.78 is 5.39. The van der Waals surface area contributed by atoms with Crippen LogP contribution >= 0.6 is 11.3 Å². The van der Waals surface area contributed by atoms with Crippen molar-refractivity contribution in [2.24, 2.45) is 4.99 Å². The summed E-state index contributed by atoms with van der Waals surface area (Å²) in [7, 11) is 1.77. The van der Waals surface area contributed by atoms with Crippen LogP contribution in [0.3, 0.4) is 0 Å². The van der Waals surface area contributed by atoms with Crippen LogP contribution in [-0.2, 0) is 32.4 Å². The Morgan fingerprint density at radius 1 is 1.17 bits per heavy atom. The molecule has 2 aromatic rings. The highest BCUT2D eigenvalue weighted by Gasteiger charge is 2.13. The van der Waals surface area contributed by atoms with Gasteiger partial charge in [0.25, 0.3) is 0 Å². The predicted octanol–water partition coefficient (Wildman–Crippen LogP) is 2.68. The van der Waals surface area contributed by atoms with Crippen LogP contribution in [0.5, 0.6) is 0 Å². The molecule has 23 heavy (non-hydrogen) atoms. The van der Waals surface area contributed by atoms with Gasteiger partial charge in [0.05, 0.1) is 22.9 Å². The Labute approximate surface area is 141 Å². The van der Waals surface area contributed by atoms with Gasteiger partial charge in [0.2, 0.25) is 0 Å². The van der Waals surface area contributed by atoms with Crippen LogP contribution < -0.4 is 10.6 Å². The fourth-order valence-corrected chi connectivity index (χ4v) is 3.04. The molecule has 0 amide bonds. The Hall–Kier alpha value is -1.89. The van der Waals surface area contributed by atoms with E-state index >= 15 is 0 Å². The van der Waals surface area contributed by atoms with Crippen molar-refractivity contribution in [2.45, 2.75) is 53.1 Å². The quantitative estimate of drug-likeness (QED) is 0.601. The van der Waals surface area contributed by atoms with Crippen LogP contribution in [0.1, 0.15) is 48.5 Å². The lowest BCUT2D eigenvalue weighted by Crippen LogP contribution is -2.36. The predicted molar refractivity (Wildman–Crippen MR) is 93.8 cm³/mol. The second kappa shape index (κ2) is 8.67. The topological polar surface area (TPSA) is 75.3 Å². The molecule has 6 nitrogen and oxygen atoms in total. The molecule has 0 spiro atoms. The minimum atomic E-state index is 0.660. The summed E-state index contributed by atoms with van der Waals surface area (Å²) in [5, 5.41) is 14.0. The van der Waals surface area contributed by atoms with Crippen molar-refractivity contribution in [1.29, 1.82) is 0 Å². The van der Waals surface area contributed by atoms with Crippen molar-refractivity contribution in [3.63, 3.8) is 0 Å². The molecule has 126 valence electrons. The standard InChI is InChI=1S/C16H25N5OS/c1-5-13-12(14(6-2)22-21-13)9-19-16(17-4)18-8-11-10-23-15(7-3)20-11/h10H,5-9H2,1-4H3,(H2,17,18,19). The molecular weight excluding hydrogens is 310 g/mol. The van der Waals surface area contributed by atoms with E-state index in [1.54, 1.807) is 18.4 Å². The van der Waals surface area contributed by atoms with Gasteiger partial charge in [-0.25, -0.2) is 4.98 Å². The molecule has 7 heteroatoms. The van der Waals surface area contributed by atoms with E-state index in [2.05, 4.69) is 51.9 Å². The Kier molecular flexibility index (Phi) is 6.58. The highest BCUT2D eigenvalue weighted by atomic mass is 32.1. The average molecular weight is 335 g/mol. The van der Waals surface area contributed by atoms with Crippen LogP contribution in [0.25, 0.3) is 0 Å². The van der Waals surface area contributed by atoms with Crippen LogP contribution in [0.2, 0.25) is 0 Å². The molecule has 0 saturated carbocycles. The van der Waals surface area contributed by atoms with E-state index in [1.165, 1.54) is 0 Å². The highest BCUT2D eigenvalue weighted by Crippen LogP contribution is 2.15. The molecule has 0 atom stereocenters. The first-order chi connectivity index (χ1) is 11.2. The van der Waals surface area contributed by atoms with Crippen molar-refractivity contribution in [3.8, 4) is 0 Å². The van der Waals surface area contributed by atoms with Crippen LogP contribution in [0.15, 0.2) is 14.9 Å². The van der Waals surface area contributed by atoms with E-state index in [0.29, 0.717) is 13.1 Å². The third-order valence-corrected chi connectivity index (χ3v) is 4.64. The molecule has 2 rings (SSSR count). The number of aryl methyl sites for hydroxylation is 3. The maximum atomic E-state index is 5.39. The van der Waals surface area contributed by atoms with Crippen LogP contribution in [0.4, 0.5) is 0 Å². The van der Waals surface area contributed by atoms with Gasteiger partial charge in [0, 0.05) is 31.0 Å². The second-order valence-electron chi connectivity index (χ2n) is 5.10. The Bertz CT molecular complexity index is 625. The minimum Gasteiger partial charge on any atom is -0.361 e. The number of hydrogen-bond donors (Lipinski definition) is 2. The molecule has 2 N–H and O–H groups in total. The lowest BCUT2D eigenvalue weighted by atomic mass is 10.1. The smallest absolute Gasteiger partial charge is 0.191 e. The molecular formula is C16H25N5OS. The molecule has 0 aliphatic heterocycles. The van der Waals surface area contributed by atoms with Gasteiger partial charge >= 0.3 is 0 Å². The number of nitrogens with zero attached hydrogens (tertiary/aromatic N) is 3. The normalized spacial score (nSPS) is 11.7. The number of aliphatic imine (C=N–C) groups is 1. The number of hydrogen-bond acceptors (Lipinski definition) is 5. The number of rotatable bonds is 7. The fourth-order valence-electron chi connectivity index (χ4n) is 2.30. The summed E-state index contributed by atoms with van der Waals surface area (Å²) in [6.07, 6.45) is 2.69. The van der Waals surface area contributed by atoms with Crippen LogP contribution in [-0.4, -0.2) is 23.1 Å². The molecule has 0 bridgehead atoms. The van der Waals surface area contributed by atoms with Crippen molar-refractivity contribution >= 4 is 17.3 Å². The zero-order valence-corrected chi connectivity index (χ0v) is 15.1. The number of nitrogens with one attached hydrogen (secondary N) is 2. The molecule has 2 heterocycles. The highest BCUT2D eigenvalue weighted by molar-refractivity contribution is 7.09. The van der Waals surface area contributed by atoms with Crippen molar-refractivity contribution in [3.05, 3.63) is 33.1 Å². The van der Waals surface area contributed by atoms with E-state index in [4.69, 9.17) is 4.52 Å². The largest absolute Gasteiger partial charge is 0.361 e. The van der Waals surface area contributed by atoms with Gasteiger partial charge in [-0.2, -0.15) is 0 Å². The van der Waals surface area contributed by atoms with Gasteiger partial charge in [-0.05, 0) is 12.8 Å². The molecule has 0 aliphatic rings. The van der Waals surface area contributed by atoms with Crippen molar-refractivity contribution in [1.82, 2.24) is 20.8 Å². The summed E-state index contributed by atoms with van der Waals surface area (Å²) in [6.45, 7) is 7.60. The van der Waals surface area contributed by atoms with E-state index in [9.17, 15) is 0 Å². The van der Waals surface area contributed by atoms with Gasteiger partial charge in [0.1, 0.15) is 5.76 Å². The number of thiazole rings is 1. The first kappa shape index (κ1) is 17.5. The molecule has 0 aliphatic carbocycles. The van der Waals surface area contributed by atoms with Crippen LogP contribution in [0, 0.1) is 0 Å². The summed E-state index contributed by atoms with van der Waals surface area (Å²) in [5.41, 5.74) is 3.19.